The van der Waals surface area contributed by atoms with E-state index in [1.807, 2.05) is 6.07 Å². The van der Waals surface area contributed by atoms with Gasteiger partial charge in [0.2, 0.25) is 0 Å². The van der Waals surface area contributed by atoms with Crippen molar-refractivity contribution in [3.8, 4) is 5.75 Å². The first-order valence-corrected chi connectivity index (χ1v) is 7.20. The van der Waals surface area contributed by atoms with Gasteiger partial charge < -0.3 is 15.0 Å². The minimum absolute atomic E-state index is 0.101. The highest BCUT2D eigenvalue weighted by molar-refractivity contribution is 5.31. The normalized spacial score (nSPS) is 23.6. The molecule has 3 nitrogen and oxygen atoms in total. The summed E-state index contributed by atoms with van der Waals surface area (Å²) in [6.07, 6.45) is 3.76. The maximum Gasteiger partial charge on any atom is 0.122 e. The van der Waals surface area contributed by atoms with Gasteiger partial charge in [0.1, 0.15) is 12.4 Å². The molecule has 1 N–H and O–H groups in total. The van der Waals surface area contributed by atoms with Crippen molar-refractivity contribution in [1.82, 2.24) is 10.2 Å². The van der Waals surface area contributed by atoms with E-state index >= 15 is 0 Å². The average molecular weight is 262 g/mol. The molecule has 1 aromatic carbocycles. The molecule has 1 aliphatic heterocycles. The Kier molecular flexibility index (Phi) is 4.83. The van der Waals surface area contributed by atoms with Gasteiger partial charge in [-0.25, -0.2) is 0 Å². The van der Waals surface area contributed by atoms with Crippen LogP contribution in [0.5, 0.6) is 5.75 Å². The lowest BCUT2D eigenvalue weighted by atomic mass is 9.89. The van der Waals surface area contributed by atoms with E-state index in [1.165, 1.54) is 24.8 Å². The first kappa shape index (κ1) is 14.4. The zero-order valence-corrected chi connectivity index (χ0v) is 12.4. The van der Waals surface area contributed by atoms with Gasteiger partial charge in [-0.3, -0.25) is 0 Å². The van der Waals surface area contributed by atoms with Crippen molar-refractivity contribution in [3.05, 3.63) is 29.8 Å². The summed E-state index contributed by atoms with van der Waals surface area (Å²) >= 11 is 0. The molecule has 106 valence electrons. The largest absolute Gasteiger partial charge is 0.491 e. The van der Waals surface area contributed by atoms with Gasteiger partial charge in [-0.15, -0.1) is 0 Å². The lowest BCUT2D eigenvalue weighted by Crippen LogP contribution is -2.58. The highest BCUT2D eigenvalue weighted by atomic mass is 16.5. The number of aryl methyl sites for hydroxylation is 1. The number of benzene rings is 1. The Morgan fingerprint density at radius 1 is 1.26 bits per heavy atom. The summed E-state index contributed by atoms with van der Waals surface area (Å²) in [7, 11) is 4.26. The number of hydrogen-bond donors (Lipinski definition) is 1. The van der Waals surface area contributed by atoms with Crippen LogP contribution in [0.2, 0.25) is 0 Å². The van der Waals surface area contributed by atoms with E-state index in [0.29, 0.717) is 0 Å². The minimum atomic E-state index is 0.101. The van der Waals surface area contributed by atoms with Crippen LogP contribution in [-0.2, 0) is 0 Å². The molecule has 1 saturated heterocycles. The Morgan fingerprint density at radius 2 is 2.05 bits per heavy atom. The van der Waals surface area contributed by atoms with Crippen LogP contribution in [0.1, 0.15) is 24.8 Å². The first-order valence-electron chi connectivity index (χ1n) is 7.20. The van der Waals surface area contributed by atoms with Crippen LogP contribution >= 0.6 is 0 Å². The van der Waals surface area contributed by atoms with Crippen molar-refractivity contribution in [2.75, 3.05) is 33.8 Å². The van der Waals surface area contributed by atoms with Gasteiger partial charge in [0, 0.05) is 6.54 Å². The number of para-hydroxylation sites is 1. The van der Waals surface area contributed by atoms with Crippen molar-refractivity contribution in [1.29, 1.82) is 0 Å². The molecular formula is C16H26N2O. The number of piperidine rings is 1. The molecule has 1 fully saturated rings. The monoisotopic (exact) mass is 262 g/mol. The van der Waals surface area contributed by atoms with Gasteiger partial charge in [-0.05, 0) is 52.0 Å². The van der Waals surface area contributed by atoms with Crippen LogP contribution in [0.3, 0.4) is 0 Å². The van der Waals surface area contributed by atoms with Crippen molar-refractivity contribution in [2.45, 2.75) is 31.7 Å². The van der Waals surface area contributed by atoms with E-state index in [-0.39, 0.29) is 5.54 Å². The quantitative estimate of drug-likeness (QED) is 0.882. The van der Waals surface area contributed by atoms with Gasteiger partial charge >= 0.3 is 0 Å². The number of nitrogens with one attached hydrogen (secondary N) is 1. The molecule has 0 spiro atoms. The Balaban J connectivity index is 2.02. The van der Waals surface area contributed by atoms with Crippen LogP contribution in [0.25, 0.3) is 0 Å². The average Bonchev–Trinajstić information content (AvgIpc) is 2.38. The molecule has 0 aliphatic carbocycles. The van der Waals surface area contributed by atoms with Crippen LogP contribution < -0.4 is 10.1 Å². The second-order valence-electron chi connectivity index (χ2n) is 5.96. The minimum Gasteiger partial charge on any atom is -0.491 e. The summed E-state index contributed by atoms with van der Waals surface area (Å²) in [5.41, 5.74) is 1.31. The summed E-state index contributed by atoms with van der Waals surface area (Å²) < 4.78 is 6.09. The second-order valence-corrected chi connectivity index (χ2v) is 5.96. The third kappa shape index (κ3) is 3.95. The van der Waals surface area contributed by atoms with Gasteiger partial charge in [0.05, 0.1) is 5.54 Å². The summed E-state index contributed by atoms with van der Waals surface area (Å²) in [5.74, 6) is 1.01. The van der Waals surface area contributed by atoms with E-state index in [1.54, 1.807) is 0 Å². The number of ether oxygens (including phenoxy) is 1. The lowest BCUT2D eigenvalue weighted by Gasteiger charge is -2.40. The molecule has 0 bridgehead atoms. The Bertz CT molecular complexity index is 397. The molecule has 1 aliphatic rings. The van der Waals surface area contributed by atoms with Crippen LogP contribution in [0.4, 0.5) is 0 Å². The van der Waals surface area contributed by atoms with Gasteiger partial charge in [-0.2, -0.15) is 0 Å². The van der Waals surface area contributed by atoms with E-state index in [9.17, 15) is 0 Å². The second kappa shape index (κ2) is 6.40. The van der Waals surface area contributed by atoms with Crippen molar-refractivity contribution < 1.29 is 4.74 Å². The van der Waals surface area contributed by atoms with Crippen LogP contribution in [0, 0.1) is 6.92 Å². The molecule has 2 rings (SSSR count). The molecule has 0 radical (unpaired) electrons. The third-order valence-corrected chi connectivity index (χ3v) is 3.80. The maximum atomic E-state index is 6.09. The smallest absolute Gasteiger partial charge is 0.122 e. The number of nitrogens with zero attached hydrogens (tertiary/aromatic N) is 1. The van der Waals surface area contributed by atoms with Crippen molar-refractivity contribution >= 4 is 0 Å². The van der Waals surface area contributed by atoms with Crippen LogP contribution in [-0.4, -0.2) is 44.2 Å². The maximum absolute atomic E-state index is 6.09. The van der Waals surface area contributed by atoms with Crippen LogP contribution in [0.15, 0.2) is 24.3 Å². The van der Waals surface area contributed by atoms with Gasteiger partial charge in [-0.1, -0.05) is 24.6 Å². The number of hydrogen-bond acceptors (Lipinski definition) is 3. The Labute approximate surface area is 116 Å². The number of rotatable bonds is 5. The fourth-order valence-electron chi connectivity index (χ4n) is 2.87. The molecule has 1 unspecified atom stereocenters. The predicted octanol–water partition coefficient (Wildman–Crippen LogP) is 2.45. The molecule has 1 heterocycles. The fraction of sp³-hybridized carbons (Fsp3) is 0.625. The zero-order chi connectivity index (χ0) is 13.7. The summed E-state index contributed by atoms with van der Waals surface area (Å²) in [6.45, 7) is 4.97. The summed E-state index contributed by atoms with van der Waals surface area (Å²) in [4.78, 5) is 2.25. The van der Waals surface area contributed by atoms with Crippen molar-refractivity contribution in [2.24, 2.45) is 0 Å². The molecule has 0 saturated carbocycles. The molecular weight excluding hydrogens is 236 g/mol. The SMILES string of the molecule is Cc1ccccc1OCC1(CN(C)C)CCCCN1. The Hall–Kier alpha value is -1.06. The molecule has 0 amide bonds. The standard InChI is InChI=1S/C16H26N2O/c1-14-8-4-5-9-15(14)19-13-16(12-18(2)3)10-6-7-11-17-16/h4-5,8-9,17H,6-7,10-13H2,1-3H3. The van der Waals surface area contributed by atoms with E-state index in [4.69, 9.17) is 4.74 Å². The molecule has 3 heteroatoms. The van der Waals surface area contributed by atoms with E-state index in [2.05, 4.69) is 49.4 Å². The topological polar surface area (TPSA) is 24.5 Å². The zero-order valence-electron chi connectivity index (χ0n) is 12.4. The third-order valence-electron chi connectivity index (χ3n) is 3.80. The Morgan fingerprint density at radius 3 is 2.68 bits per heavy atom. The molecule has 19 heavy (non-hydrogen) atoms. The predicted molar refractivity (Wildman–Crippen MR) is 79.8 cm³/mol. The molecule has 1 aromatic rings. The summed E-state index contributed by atoms with van der Waals surface area (Å²) in [5, 5.41) is 3.69. The number of likely N-dealkylation sites (N-methyl/N-ethyl adjacent to an activating group) is 1. The van der Waals surface area contributed by atoms with Crippen molar-refractivity contribution in [3.63, 3.8) is 0 Å². The van der Waals surface area contributed by atoms with Gasteiger partial charge in [0.15, 0.2) is 0 Å². The fourth-order valence-corrected chi connectivity index (χ4v) is 2.87. The molecule has 1 atom stereocenters. The lowest BCUT2D eigenvalue weighted by molar-refractivity contribution is 0.116. The molecule has 0 aromatic heterocycles. The highest BCUT2D eigenvalue weighted by Gasteiger charge is 2.33. The van der Waals surface area contributed by atoms with E-state index < -0.39 is 0 Å². The van der Waals surface area contributed by atoms with Gasteiger partial charge in [0.25, 0.3) is 0 Å². The highest BCUT2D eigenvalue weighted by Crippen LogP contribution is 2.23. The first-order chi connectivity index (χ1) is 9.11. The van der Waals surface area contributed by atoms with E-state index in [0.717, 1.165) is 25.4 Å². The summed E-state index contributed by atoms with van der Waals surface area (Å²) in [6, 6.07) is 8.25.